The van der Waals surface area contributed by atoms with Crippen LogP contribution >= 0.6 is 23.2 Å². The summed E-state index contributed by atoms with van der Waals surface area (Å²) in [6.45, 7) is 0. The van der Waals surface area contributed by atoms with Gasteiger partial charge in [0.1, 0.15) is 0 Å². The molecule has 1 atom stereocenters. The second-order valence-corrected chi connectivity index (χ2v) is 5.02. The van der Waals surface area contributed by atoms with Crippen LogP contribution in [0.15, 0.2) is 36.4 Å². The molecule has 0 saturated carbocycles. The first-order valence-corrected chi connectivity index (χ1v) is 6.38. The summed E-state index contributed by atoms with van der Waals surface area (Å²) in [5, 5.41) is 0.849. The van der Waals surface area contributed by atoms with Gasteiger partial charge in [-0.1, -0.05) is 41.4 Å². The number of nitrogens with two attached hydrogens (primary N) is 1. The fourth-order valence-electron chi connectivity index (χ4n) is 1.84. The molecule has 0 radical (unpaired) electrons. The van der Waals surface area contributed by atoms with Gasteiger partial charge < -0.3 is 5.73 Å². The van der Waals surface area contributed by atoms with E-state index in [0.29, 0.717) is 16.5 Å². The van der Waals surface area contributed by atoms with Crippen LogP contribution in [0.1, 0.15) is 17.2 Å². The highest BCUT2D eigenvalue weighted by Gasteiger charge is 2.15. The van der Waals surface area contributed by atoms with Crippen LogP contribution in [0.5, 0.6) is 0 Å². The minimum Gasteiger partial charge on any atom is -0.324 e. The first-order chi connectivity index (χ1) is 8.99. The van der Waals surface area contributed by atoms with Gasteiger partial charge in [0.05, 0.1) is 10.0 Å². The third kappa shape index (κ3) is 3.24. The topological polar surface area (TPSA) is 26.0 Å². The van der Waals surface area contributed by atoms with Crippen LogP contribution in [0.3, 0.4) is 0 Å². The van der Waals surface area contributed by atoms with Gasteiger partial charge in [-0.05, 0) is 30.2 Å². The van der Waals surface area contributed by atoms with Crippen LogP contribution in [-0.4, -0.2) is 0 Å². The summed E-state index contributed by atoms with van der Waals surface area (Å²) >= 11 is 11.7. The molecule has 2 aromatic rings. The van der Waals surface area contributed by atoms with Crippen molar-refractivity contribution in [1.29, 1.82) is 0 Å². The Hall–Kier alpha value is -1.16. The zero-order valence-electron chi connectivity index (χ0n) is 9.84. The van der Waals surface area contributed by atoms with Crippen LogP contribution in [-0.2, 0) is 6.42 Å². The molecule has 0 aliphatic rings. The molecule has 0 aliphatic carbocycles. The maximum absolute atomic E-state index is 13.6. The Bertz CT molecular complexity index is 602. The molecule has 0 aliphatic heterocycles. The van der Waals surface area contributed by atoms with E-state index in [2.05, 4.69) is 0 Å². The summed E-state index contributed by atoms with van der Waals surface area (Å²) in [5.74, 6) is -1.81. The molecule has 100 valence electrons. The standard InChI is InChI=1S/C14H11Cl2F2N/c15-10-5-4-8(6-11(10)16)7-13(19)9-2-1-3-12(17)14(9)18/h1-6,13H,7,19H2. The monoisotopic (exact) mass is 301 g/mol. The third-order valence-corrected chi connectivity index (χ3v) is 3.56. The second kappa shape index (κ2) is 5.87. The molecule has 0 bridgehead atoms. The molecular formula is C14H11Cl2F2N. The lowest BCUT2D eigenvalue weighted by atomic mass is 9.99. The molecule has 2 N–H and O–H groups in total. The zero-order chi connectivity index (χ0) is 14.0. The van der Waals surface area contributed by atoms with Gasteiger partial charge in [0.25, 0.3) is 0 Å². The van der Waals surface area contributed by atoms with Gasteiger partial charge >= 0.3 is 0 Å². The molecule has 0 aromatic heterocycles. The fraction of sp³-hybridized carbons (Fsp3) is 0.143. The van der Waals surface area contributed by atoms with E-state index in [1.165, 1.54) is 12.1 Å². The van der Waals surface area contributed by atoms with Gasteiger partial charge in [0.15, 0.2) is 11.6 Å². The van der Waals surface area contributed by atoms with Crippen molar-refractivity contribution in [2.45, 2.75) is 12.5 Å². The molecule has 19 heavy (non-hydrogen) atoms. The average Bonchev–Trinajstić information content (AvgIpc) is 2.37. The normalized spacial score (nSPS) is 12.5. The average molecular weight is 302 g/mol. The summed E-state index contributed by atoms with van der Waals surface area (Å²) < 4.78 is 26.7. The van der Waals surface area contributed by atoms with Crippen molar-refractivity contribution < 1.29 is 8.78 Å². The summed E-state index contributed by atoms with van der Waals surface area (Å²) in [7, 11) is 0. The molecule has 2 rings (SSSR count). The maximum Gasteiger partial charge on any atom is 0.163 e. The highest BCUT2D eigenvalue weighted by atomic mass is 35.5. The lowest BCUT2D eigenvalue weighted by Gasteiger charge is -2.13. The molecule has 0 amide bonds. The van der Waals surface area contributed by atoms with Gasteiger partial charge in [-0.3, -0.25) is 0 Å². The van der Waals surface area contributed by atoms with Gasteiger partial charge in [-0.15, -0.1) is 0 Å². The van der Waals surface area contributed by atoms with Crippen molar-refractivity contribution in [3.05, 3.63) is 69.2 Å². The predicted molar refractivity (Wildman–Crippen MR) is 73.5 cm³/mol. The van der Waals surface area contributed by atoms with Crippen LogP contribution in [0.4, 0.5) is 8.78 Å². The van der Waals surface area contributed by atoms with E-state index < -0.39 is 17.7 Å². The predicted octanol–water partition coefficient (Wildman–Crippen LogP) is 4.51. The fourth-order valence-corrected chi connectivity index (χ4v) is 2.16. The van der Waals surface area contributed by atoms with E-state index in [4.69, 9.17) is 28.9 Å². The number of hydrogen-bond acceptors (Lipinski definition) is 1. The molecular weight excluding hydrogens is 291 g/mol. The van der Waals surface area contributed by atoms with Crippen molar-refractivity contribution in [3.63, 3.8) is 0 Å². The van der Waals surface area contributed by atoms with E-state index in [1.807, 2.05) is 0 Å². The molecule has 0 saturated heterocycles. The Kier molecular flexibility index (Phi) is 4.40. The summed E-state index contributed by atoms with van der Waals surface area (Å²) in [6, 6.07) is 8.39. The summed E-state index contributed by atoms with van der Waals surface area (Å²) in [6.07, 6.45) is 0.345. The molecule has 0 heterocycles. The summed E-state index contributed by atoms with van der Waals surface area (Å²) in [4.78, 5) is 0. The Balaban J connectivity index is 2.23. The van der Waals surface area contributed by atoms with Gasteiger partial charge in [-0.25, -0.2) is 8.78 Å². The summed E-state index contributed by atoms with van der Waals surface area (Å²) in [5.41, 5.74) is 6.86. The zero-order valence-corrected chi connectivity index (χ0v) is 11.3. The lowest BCUT2D eigenvalue weighted by molar-refractivity contribution is 0.488. The van der Waals surface area contributed by atoms with Crippen molar-refractivity contribution in [2.24, 2.45) is 5.73 Å². The van der Waals surface area contributed by atoms with E-state index >= 15 is 0 Å². The lowest BCUT2D eigenvalue weighted by Crippen LogP contribution is -2.15. The van der Waals surface area contributed by atoms with Crippen LogP contribution in [0.25, 0.3) is 0 Å². The van der Waals surface area contributed by atoms with Crippen LogP contribution < -0.4 is 5.73 Å². The highest BCUT2D eigenvalue weighted by Crippen LogP contribution is 2.26. The molecule has 5 heteroatoms. The number of benzene rings is 2. The Morgan fingerprint density at radius 3 is 2.47 bits per heavy atom. The van der Waals surface area contributed by atoms with Crippen molar-refractivity contribution in [3.8, 4) is 0 Å². The van der Waals surface area contributed by atoms with Gasteiger partial charge in [0.2, 0.25) is 0 Å². The number of rotatable bonds is 3. The van der Waals surface area contributed by atoms with E-state index in [9.17, 15) is 8.78 Å². The molecule has 2 aromatic carbocycles. The third-order valence-electron chi connectivity index (χ3n) is 2.82. The first-order valence-electron chi connectivity index (χ1n) is 5.62. The van der Waals surface area contributed by atoms with Gasteiger partial charge in [-0.2, -0.15) is 0 Å². The van der Waals surface area contributed by atoms with E-state index in [0.717, 1.165) is 11.6 Å². The van der Waals surface area contributed by atoms with Crippen LogP contribution in [0, 0.1) is 11.6 Å². The highest BCUT2D eigenvalue weighted by molar-refractivity contribution is 6.42. The van der Waals surface area contributed by atoms with E-state index in [-0.39, 0.29) is 5.56 Å². The quantitative estimate of drug-likeness (QED) is 0.886. The second-order valence-electron chi connectivity index (χ2n) is 4.20. The molecule has 0 spiro atoms. The smallest absolute Gasteiger partial charge is 0.163 e. The van der Waals surface area contributed by atoms with Crippen molar-refractivity contribution >= 4 is 23.2 Å². The molecule has 1 nitrogen and oxygen atoms in total. The Labute approximate surface area is 119 Å². The largest absolute Gasteiger partial charge is 0.324 e. The first kappa shape index (κ1) is 14.3. The number of halogens is 4. The van der Waals surface area contributed by atoms with Crippen LogP contribution in [0.2, 0.25) is 10.0 Å². The Morgan fingerprint density at radius 1 is 1.05 bits per heavy atom. The minimum absolute atomic E-state index is 0.145. The SMILES string of the molecule is NC(Cc1ccc(Cl)c(Cl)c1)c1cccc(F)c1F. The molecule has 0 fully saturated rings. The van der Waals surface area contributed by atoms with Crippen molar-refractivity contribution in [1.82, 2.24) is 0 Å². The van der Waals surface area contributed by atoms with Gasteiger partial charge in [0, 0.05) is 11.6 Å². The Morgan fingerprint density at radius 2 is 1.79 bits per heavy atom. The number of hydrogen-bond donors (Lipinski definition) is 1. The van der Waals surface area contributed by atoms with Crippen molar-refractivity contribution in [2.75, 3.05) is 0 Å². The van der Waals surface area contributed by atoms with E-state index in [1.54, 1.807) is 18.2 Å². The minimum atomic E-state index is -0.907. The maximum atomic E-state index is 13.6. The molecule has 1 unspecified atom stereocenters.